The van der Waals surface area contributed by atoms with Crippen LogP contribution in [0.1, 0.15) is 5.56 Å². The molecule has 0 atom stereocenters. The third-order valence-corrected chi connectivity index (χ3v) is 2.06. The highest BCUT2D eigenvalue weighted by Gasteiger charge is 1.99. The van der Waals surface area contributed by atoms with Crippen LogP contribution in [0.5, 0.6) is 0 Å². The second-order valence-corrected chi connectivity index (χ2v) is 3.03. The lowest BCUT2D eigenvalue weighted by molar-refractivity contribution is 1.25. The zero-order valence-electron chi connectivity index (χ0n) is 7.41. The van der Waals surface area contributed by atoms with E-state index in [-0.39, 0.29) is 0 Å². The normalized spacial score (nSPS) is 10.3. The quantitative estimate of drug-likeness (QED) is 0.511. The number of nitrogens with one attached hydrogen (secondary N) is 1. The number of benzene rings is 1. The molecule has 0 unspecified atom stereocenters. The van der Waals surface area contributed by atoms with E-state index in [4.69, 9.17) is 5.84 Å². The predicted octanol–water partition coefficient (Wildman–Crippen LogP) is 1.83. The van der Waals surface area contributed by atoms with Crippen molar-refractivity contribution in [3.8, 4) is 0 Å². The third kappa shape index (κ3) is 1.34. The first kappa shape index (κ1) is 8.01. The summed E-state index contributed by atoms with van der Waals surface area (Å²) in [5, 5.41) is 2.21. The molecular weight excluding hydrogens is 162 g/mol. The molecule has 0 aliphatic heterocycles. The maximum absolute atomic E-state index is 5.35. The summed E-state index contributed by atoms with van der Waals surface area (Å²) < 4.78 is 0. The van der Waals surface area contributed by atoms with Gasteiger partial charge in [0.25, 0.3) is 0 Å². The van der Waals surface area contributed by atoms with Crippen molar-refractivity contribution in [2.24, 2.45) is 5.84 Å². The number of fused-ring (bicyclic) bond motifs is 1. The minimum absolute atomic E-state index is 0.723. The van der Waals surface area contributed by atoms with E-state index in [0.29, 0.717) is 0 Å². The van der Waals surface area contributed by atoms with Gasteiger partial charge in [-0.15, -0.1) is 0 Å². The van der Waals surface area contributed by atoms with Gasteiger partial charge in [0.2, 0.25) is 0 Å². The van der Waals surface area contributed by atoms with Crippen LogP contribution >= 0.6 is 0 Å². The molecule has 3 heteroatoms. The van der Waals surface area contributed by atoms with E-state index in [2.05, 4.69) is 28.6 Å². The monoisotopic (exact) mass is 173 g/mol. The van der Waals surface area contributed by atoms with E-state index >= 15 is 0 Å². The van der Waals surface area contributed by atoms with Crippen molar-refractivity contribution in [2.45, 2.75) is 6.92 Å². The molecule has 0 spiro atoms. The van der Waals surface area contributed by atoms with E-state index in [1.54, 1.807) is 6.20 Å². The number of anilines is 1. The zero-order valence-corrected chi connectivity index (χ0v) is 7.41. The molecule has 2 aromatic rings. The van der Waals surface area contributed by atoms with E-state index in [9.17, 15) is 0 Å². The highest BCUT2D eigenvalue weighted by molar-refractivity contribution is 5.91. The van der Waals surface area contributed by atoms with Gasteiger partial charge in [-0.2, -0.15) is 0 Å². The molecule has 2 rings (SSSR count). The fraction of sp³-hybridized carbons (Fsp3) is 0.100. The van der Waals surface area contributed by atoms with Gasteiger partial charge in [-0.25, -0.2) is 10.8 Å². The maximum atomic E-state index is 5.35. The van der Waals surface area contributed by atoms with Crippen molar-refractivity contribution in [3.05, 3.63) is 36.0 Å². The molecule has 3 N–H and O–H groups in total. The van der Waals surface area contributed by atoms with Crippen LogP contribution in [-0.4, -0.2) is 4.98 Å². The molecular formula is C10H11N3. The molecule has 0 radical (unpaired) electrons. The molecule has 0 bridgehead atoms. The van der Waals surface area contributed by atoms with Crippen LogP contribution in [-0.2, 0) is 0 Å². The standard InChI is InChI=1S/C10H11N3/c1-7-2-3-8-4-5-12-10(13-11)9(8)6-7/h2-6H,11H2,1H3,(H,12,13). The molecule has 3 nitrogen and oxygen atoms in total. The van der Waals surface area contributed by atoms with Crippen molar-refractivity contribution < 1.29 is 0 Å². The lowest BCUT2D eigenvalue weighted by atomic mass is 10.1. The fourth-order valence-electron chi connectivity index (χ4n) is 1.40. The molecule has 1 aromatic heterocycles. The Kier molecular flexibility index (Phi) is 1.87. The molecule has 0 amide bonds. The van der Waals surface area contributed by atoms with Crippen LogP contribution in [0.2, 0.25) is 0 Å². The lowest BCUT2D eigenvalue weighted by Crippen LogP contribution is -2.08. The first-order valence-corrected chi connectivity index (χ1v) is 4.13. The Bertz CT molecular complexity index is 437. The van der Waals surface area contributed by atoms with Gasteiger partial charge in [-0.1, -0.05) is 17.7 Å². The maximum Gasteiger partial charge on any atom is 0.147 e. The topological polar surface area (TPSA) is 50.9 Å². The second-order valence-electron chi connectivity index (χ2n) is 3.03. The highest BCUT2D eigenvalue weighted by atomic mass is 15.2. The van der Waals surface area contributed by atoms with Gasteiger partial charge in [0.1, 0.15) is 5.82 Å². The van der Waals surface area contributed by atoms with Crippen LogP contribution in [0, 0.1) is 6.92 Å². The third-order valence-electron chi connectivity index (χ3n) is 2.06. The van der Waals surface area contributed by atoms with E-state index in [0.717, 1.165) is 16.6 Å². The summed E-state index contributed by atoms with van der Waals surface area (Å²) in [4.78, 5) is 4.13. The molecule has 13 heavy (non-hydrogen) atoms. The molecule has 0 fully saturated rings. The number of aromatic nitrogens is 1. The Morgan fingerprint density at radius 2 is 2.15 bits per heavy atom. The zero-order chi connectivity index (χ0) is 9.26. The van der Waals surface area contributed by atoms with Crippen molar-refractivity contribution in [1.82, 2.24) is 4.98 Å². The largest absolute Gasteiger partial charge is 0.308 e. The van der Waals surface area contributed by atoms with Gasteiger partial charge in [0.15, 0.2) is 0 Å². The Hall–Kier alpha value is -1.61. The number of nitrogens with zero attached hydrogens (tertiary/aromatic N) is 1. The molecule has 0 aliphatic rings. The average molecular weight is 173 g/mol. The first-order chi connectivity index (χ1) is 6.31. The van der Waals surface area contributed by atoms with Crippen molar-refractivity contribution in [2.75, 3.05) is 5.43 Å². The Morgan fingerprint density at radius 3 is 2.92 bits per heavy atom. The summed E-state index contributed by atoms with van der Waals surface area (Å²) in [6.45, 7) is 2.05. The van der Waals surface area contributed by atoms with E-state index in [1.165, 1.54) is 5.56 Å². The predicted molar refractivity (Wildman–Crippen MR) is 54.3 cm³/mol. The molecule has 66 valence electrons. The average Bonchev–Trinajstić information content (AvgIpc) is 2.17. The number of rotatable bonds is 1. The summed E-state index contributed by atoms with van der Waals surface area (Å²) in [6, 6.07) is 8.17. The minimum Gasteiger partial charge on any atom is -0.308 e. The number of pyridine rings is 1. The Balaban J connectivity index is 2.79. The van der Waals surface area contributed by atoms with Crippen LogP contribution in [0.25, 0.3) is 10.8 Å². The summed E-state index contributed by atoms with van der Waals surface area (Å²) in [6.07, 6.45) is 1.74. The summed E-state index contributed by atoms with van der Waals surface area (Å²) in [5.41, 5.74) is 3.79. The highest BCUT2D eigenvalue weighted by Crippen LogP contribution is 2.20. The second kappa shape index (κ2) is 3.03. The number of nitrogens with two attached hydrogens (primary N) is 1. The molecule has 0 saturated carbocycles. The Morgan fingerprint density at radius 1 is 1.31 bits per heavy atom. The van der Waals surface area contributed by atoms with Gasteiger partial charge in [-0.3, -0.25) is 0 Å². The number of nitrogen functional groups attached to an aromatic ring is 1. The van der Waals surface area contributed by atoms with Gasteiger partial charge in [-0.05, 0) is 24.4 Å². The summed E-state index contributed by atoms with van der Waals surface area (Å²) >= 11 is 0. The molecule has 1 heterocycles. The van der Waals surface area contributed by atoms with E-state index < -0.39 is 0 Å². The number of hydrazine groups is 1. The van der Waals surface area contributed by atoms with Crippen molar-refractivity contribution in [1.29, 1.82) is 0 Å². The molecule has 0 aliphatic carbocycles. The van der Waals surface area contributed by atoms with Crippen molar-refractivity contribution >= 4 is 16.6 Å². The smallest absolute Gasteiger partial charge is 0.147 e. The van der Waals surface area contributed by atoms with Crippen LogP contribution in [0.15, 0.2) is 30.5 Å². The van der Waals surface area contributed by atoms with Crippen LogP contribution in [0.4, 0.5) is 5.82 Å². The number of aryl methyl sites for hydroxylation is 1. The lowest BCUT2D eigenvalue weighted by Gasteiger charge is -2.04. The molecule has 1 aromatic carbocycles. The van der Waals surface area contributed by atoms with Gasteiger partial charge < -0.3 is 5.43 Å². The Labute approximate surface area is 76.6 Å². The van der Waals surface area contributed by atoms with Gasteiger partial charge >= 0.3 is 0 Å². The molecule has 0 saturated heterocycles. The van der Waals surface area contributed by atoms with Crippen LogP contribution in [0.3, 0.4) is 0 Å². The van der Waals surface area contributed by atoms with Gasteiger partial charge in [0.05, 0.1) is 0 Å². The minimum atomic E-state index is 0.723. The first-order valence-electron chi connectivity index (χ1n) is 4.13. The van der Waals surface area contributed by atoms with Gasteiger partial charge in [0, 0.05) is 11.6 Å². The number of hydrogen-bond donors (Lipinski definition) is 2. The summed E-state index contributed by atoms with van der Waals surface area (Å²) in [5.74, 6) is 6.08. The number of hydrogen-bond acceptors (Lipinski definition) is 3. The van der Waals surface area contributed by atoms with E-state index in [1.807, 2.05) is 13.0 Å². The fourth-order valence-corrected chi connectivity index (χ4v) is 1.40. The van der Waals surface area contributed by atoms with Crippen LogP contribution < -0.4 is 11.3 Å². The SMILES string of the molecule is Cc1ccc2ccnc(NN)c2c1. The van der Waals surface area contributed by atoms with Crippen molar-refractivity contribution in [3.63, 3.8) is 0 Å². The summed E-state index contributed by atoms with van der Waals surface area (Å²) in [7, 11) is 0.